The van der Waals surface area contributed by atoms with Crippen molar-refractivity contribution >= 4 is 5.69 Å². The third kappa shape index (κ3) is 2.34. The Morgan fingerprint density at radius 2 is 2.00 bits per heavy atom. The minimum absolute atomic E-state index is 0.650. The van der Waals surface area contributed by atoms with E-state index in [-0.39, 0.29) is 0 Å². The average molecular weight is 203 g/mol. The van der Waals surface area contributed by atoms with Crippen molar-refractivity contribution in [1.29, 1.82) is 0 Å². The summed E-state index contributed by atoms with van der Waals surface area (Å²) in [6.45, 7) is 2.00. The van der Waals surface area contributed by atoms with Gasteiger partial charge in [0.25, 0.3) is 0 Å². The first-order chi connectivity index (χ1) is 7.28. The van der Waals surface area contributed by atoms with Gasteiger partial charge in [-0.15, -0.1) is 0 Å². The second-order valence-corrected chi connectivity index (χ2v) is 3.38. The number of hydrogen-bond acceptors (Lipinski definition) is 4. The Kier molecular flexibility index (Phi) is 2.67. The van der Waals surface area contributed by atoms with E-state index in [1.54, 1.807) is 0 Å². The van der Waals surface area contributed by atoms with Crippen LogP contribution in [0.25, 0.3) is 0 Å². The fourth-order valence-electron chi connectivity index (χ4n) is 1.32. The van der Waals surface area contributed by atoms with Crippen LogP contribution in [0.15, 0.2) is 28.8 Å². The molecule has 0 saturated heterocycles. The van der Waals surface area contributed by atoms with Crippen LogP contribution in [0.3, 0.4) is 0 Å². The zero-order valence-electron chi connectivity index (χ0n) is 8.60. The molecule has 0 radical (unpaired) electrons. The van der Waals surface area contributed by atoms with Gasteiger partial charge in [-0.25, -0.2) is 0 Å². The highest BCUT2D eigenvalue weighted by atomic mass is 16.5. The summed E-state index contributed by atoms with van der Waals surface area (Å²) in [6.07, 6.45) is 1.46. The van der Waals surface area contributed by atoms with Gasteiger partial charge < -0.3 is 10.3 Å². The van der Waals surface area contributed by atoms with E-state index in [1.165, 1.54) is 0 Å². The highest BCUT2D eigenvalue weighted by molar-refractivity contribution is 5.39. The van der Waals surface area contributed by atoms with Crippen LogP contribution in [0.1, 0.15) is 24.2 Å². The van der Waals surface area contributed by atoms with Gasteiger partial charge in [0.2, 0.25) is 5.89 Å². The molecule has 78 valence electrons. The van der Waals surface area contributed by atoms with Gasteiger partial charge in [-0.3, -0.25) is 0 Å². The smallest absolute Gasteiger partial charge is 0.231 e. The van der Waals surface area contributed by atoms with Crippen molar-refractivity contribution in [2.24, 2.45) is 0 Å². The quantitative estimate of drug-likeness (QED) is 0.772. The summed E-state index contributed by atoms with van der Waals surface area (Å²) in [7, 11) is 0. The molecule has 0 aliphatic heterocycles. The number of nitrogens with two attached hydrogens (primary N) is 1. The van der Waals surface area contributed by atoms with Crippen LogP contribution >= 0.6 is 0 Å². The molecule has 2 aromatic rings. The highest BCUT2D eigenvalue weighted by Gasteiger charge is 2.05. The van der Waals surface area contributed by atoms with Crippen LogP contribution < -0.4 is 5.73 Å². The number of hydrogen-bond donors (Lipinski definition) is 1. The molecule has 15 heavy (non-hydrogen) atoms. The van der Waals surface area contributed by atoms with E-state index in [0.717, 1.165) is 23.5 Å². The molecule has 2 N–H and O–H groups in total. The third-order valence-electron chi connectivity index (χ3n) is 2.16. The number of aromatic nitrogens is 2. The minimum atomic E-state index is 0.650. The van der Waals surface area contributed by atoms with Crippen molar-refractivity contribution in [2.45, 2.75) is 19.8 Å². The lowest BCUT2D eigenvalue weighted by Gasteiger charge is -1.96. The summed E-state index contributed by atoms with van der Waals surface area (Å²) in [6, 6.07) is 7.66. The molecule has 2 rings (SSSR count). The fraction of sp³-hybridized carbons (Fsp3) is 0.273. The molecule has 1 aromatic heterocycles. The number of rotatable bonds is 3. The van der Waals surface area contributed by atoms with Crippen LogP contribution in [0.2, 0.25) is 0 Å². The molecule has 4 nitrogen and oxygen atoms in total. The Morgan fingerprint density at radius 3 is 2.60 bits per heavy atom. The first kappa shape index (κ1) is 9.71. The van der Waals surface area contributed by atoms with Crippen molar-refractivity contribution < 1.29 is 4.52 Å². The van der Waals surface area contributed by atoms with Crippen LogP contribution in [0.4, 0.5) is 5.69 Å². The Balaban J connectivity index is 2.11. The van der Waals surface area contributed by atoms with Crippen molar-refractivity contribution in [1.82, 2.24) is 10.1 Å². The van der Waals surface area contributed by atoms with E-state index >= 15 is 0 Å². The van der Waals surface area contributed by atoms with Gasteiger partial charge in [-0.1, -0.05) is 24.2 Å². The average Bonchev–Trinajstić information content (AvgIpc) is 2.69. The Hall–Kier alpha value is -1.84. The second-order valence-electron chi connectivity index (χ2n) is 3.38. The predicted octanol–water partition coefficient (Wildman–Crippen LogP) is 1.80. The molecule has 0 aliphatic carbocycles. The number of aryl methyl sites for hydroxylation is 1. The molecule has 1 aromatic carbocycles. The zero-order valence-corrected chi connectivity index (χ0v) is 8.60. The van der Waals surface area contributed by atoms with E-state index in [1.807, 2.05) is 31.2 Å². The maximum Gasteiger partial charge on any atom is 0.231 e. The SMILES string of the molecule is CCc1noc(Cc2ccc(N)cc2)n1. The third-order valence-corrected chi connectivity index (χ3v) is 2.16. The molecule has 0 spiro atoms. The normalized spacial score (nSPS) is 10.5. The monoisotopic (exact) mass is 203 g/mol. The summed E-state index contributed by atoms with van der Waals surface area (Å²) in [5.74, 6) is 1.40. The van der Waals surface area contributed by atoms with Gasteiger partial charge in [-0.05, 0) is 17.7 Å². The molecular formula is C11H13N3O. The maximum absolute atomic E-state index is 5.59. The summed E-state index contributed by atoms with van der Waals surface area (Å²) >= 11 is 0. The lowest BCUT2D eigenvalue weighted by Crippen LogP contribution is -1.90. The van der Waals surface area contributed by atoms with Crippen molar-refractivity contribution in [3.8, 4) is 0 Å². The molecule has 4 heteroatoms. The molecule has 0 bridgehead atoms. The summed E-state index contributed by atoms with van der Waals surface area (Å²) < 4.78 is 5.10. The van der Waals surface area contributed by atoms with E-state index in [4.69, 9.17) is 10.3 Å². The summed E-state index contributed by atoms with van der Waals surface area (Å²) in [5, 5.41) is 3.84. The van der Waals surface area contributed by atoms with Gasteiger partial charge in [0.1, 0.15) is 0 Å². The number of nitrogens with zero attached hydrogens (tertiary/aromatic N) is 2. The zero-order chi connectivity index (χ0) is 10.7. The van der Waals surface area contributed by atoms with E-state index in [2.05, 4.69) is 10.1 Å². The van der Waals surface area contributed by atoms with Crippen molar-refractivity contribution in [2.75, 3.05) is 5.73 Å². The largest absolute Gasteiger partial charge is 0.399 e. The van der Waals surface area contributed by atoms with Crippen LogP contribution in [-0.4, -0.2) is 10.1 Å². The Labute approximate surface area is 88.1 Å². The van der Waals surface area contributed by atoms with Crippen molar-refractivity contribution in [3.63, 3.8) is 0 Å². The number of anilines is 1. The Morgan fingerprint density at radius 1 is 1.27 bits per heavy atom. The number of benzene rings is 1. The molecule has 0 aliphatic rings. The van der Waals surface area contributed by atoms with Gasteiger partial charge >= 0.3 is 0 Å². The van der Waals surface area contributed by atoms with Gasteiger partial charge in [0.05, 0.1) is 6.42 Å². The maximum atomic E-state index is 5.59. The first-order valence-corrected chi connectivity index (χ1v) is 4.94. The molecule has 1 heterocycles. The molecular weight excluding hydrogens is 190 g/mol. The Bertz CT molecular complexity index is 433. The van der Waals surface area contributed by atoms with E-state index in [9.17, 15) is 0 Å². The summed E-state index contributed by atoms with van der Waals surface area (Å²) in [5.41, 5.74) is 7.48. The van der Waals surface area contributed by atoms with Gasteiger partial charge in [-0.2, -0.15) is 4.98 Å². The topological polar surface area (TPSA) is 64.9 Å². The standard InChI is InChI=1S/C11H13N3O/c1-2-10-13-11(15-14-10)7-8-3-5-9(12)6-4-8/h3-6H,2,7,12H2,1H3. The molecule has 0 fully saturated rings. The van der Waals surface area contributed by atoms with E-state index < -0.39 is 0 Å². The lowest BCUT2D eigenvalue weighted by atomic mass is 10.1. The summed E-state index contributed by atoms with van der Waals surface area (Å²) in [4.78, 5) is 4.24. The van der Waals surface area contributed by atoms with Gasteiger partial charge in [0.15, 0.2) is 5.82 Å². The molecule has 0 atom stereocenters. The van der Waals surface area contributed by atoms with Gasteiger partial charge in [0, 0.05) is 12.1 Å². The van der Waals surface area contributed by atoms with E-state index in [0.29, 0.717) is 12.3 Å². The van der Waals surface area contributed by atoms with Crippen LogP contribution in [0.5, 0.6) is 0 Å². The first-order valence-electron chi connectivity index (χ1n) is 4.94. The van der Waals surface area contributed by atoms with Crippen LogP contribution in [-0.2, 0) is 12.8 Å². The number of nitrogen functional groups attached to an aromatic ring is 1. The minimum Gasteiger partial charge on any atom is -0.399 e. The molecule has 0 unspecified atom stereocenters. The molecule has 0 saturated carbocycles. The fourth-order valence-corrected chi connectivity index (χ4v) is 1.32. The van der Waals surface area contributed by atoms with Crippen LogP contribution in [0, 0.1) is 0 Å². The second kappa shape index (κ2) is 4.13. The predicted molar refractivity (Wildman–Crippen MR) is 57.3 cm³/mol. The molecule has 0 amide bonds. The highest BCUT2D eigenvalue weighted by Crippen LogP contribution is 2.10. The lowest BCUT2D eigenvalue weighted by molar-refractivity contribution is 0.380. The van der Waals surface area contributed by atoms with Crippen molar-refractivity contribution in [3.05, 3.63) is 41.5 Å².